The molecule has 2 heterocycles. The maximum Gasteiger partial charge on any atom is 0.390 e. The zero-order chi connectivity index (χ0) is 19.7. The van der Waals surface area contributed by atoms with Crippen LogP contribution in [-0.2, 0) is 6.54 Å². The Bertz CT molecular complexity index is 1030. The van der Waals surface area contributed by atoms with Crippen LogP contribution in [0.1, 0.15) is 38.6 Å². The highest BCUT2D eigenvalue weighted by Crippen LogP contribution is 2.21. The van der Waals surface area contributed by atoms with Crippen LogP contribution in [0.25, 0.3) is 0 Å². The van der Waals surface area contributed by atoms with Gasteiger partial charge in [-0.3, -0.25) is 4.79 Å². The summed E-state index contributed by atoms with van der Waals surface area (Å²) in [5, 5.41) is 21.6. The van der Waals surface area contributed by atoms with Crippen molar-refractivity contribution in [3.8, 4) is 0 Å². The quantitative estimate of drug-likeness (QED) is 0.545. The number of carbonyl (C=O) groups is 1. The van der Waals surface area contributed by atoms with Gasteiger partial charge in [0, 0.05) is 5.69 Å². The molecule has 1 amide bonds. The molecule has 3 aromatic rings. The fraction of sp³-hybridized carbons (Fsp3) is 0.278. The summed E-state index contributed by atoms with van der Waals surface area (Å²) in [7, 11) is 0. The molecule has 0 atom stereocenters. The van der Waals surface area contributed by atoms with Crippen LogP contribution in [-0.4, -0.2) is 25.8 Å². The van der Waals surface area contributed by atoms with Crippen LogP contribution in [0.2, 0.25) is 0 Å². The Morgan fingerprint density at radius 1 is 1.26 bits per heavy atom. The second-order valence-electron chi connectivity index (χ2n) is 6.40. The number of hydrogen-bond donors (Lipinski definition) is 1. The fourth-order valence-corrected chi connectivity index (χ4v) is 2.70. The van der Waals surface area contributed by atoms with E-state index in [1.54, 1.807) is 13.8 Å². The first-order valence-corrected chi connectivity index (χ1v) is 8.29. The van der Waals surface area contributed by atoms with Gasteiger partial charge in [-0.1, -0.05) is 17.3 Å². The molecular weight excluding hydrogens is 350 g/mol. The van der Waals surface area contributed by atoms with Crippen molar-refractivity contribution in [2.24, 2.45) is 0 Å². The number of nitro groups is 1. The van der Waals surface area contributed by atoms with Gasteiger partial charge in [-0.25, -0.2) is 0 Å². The highest BCUT2D eigenvalue weighted by Gasteiger charge is 2.24. The van der Waals surface area contributed by atoms with Crippen molar-refractivity contribution in [3.63, 3.8) is 0 Å². The van der Waals surface area contributed by atoms with Crippen LogP contribution in [0, 0.1) is 37.8 Å². The average Bonchev–Trinajstić information content (AvgIpc) is 3.15. The number of carbonyl (C=O) groups excluding carboxylic acids is 1. The number of rotatable bonds is 5. The monoisotopic (exact) mass is 369 g/mol. The topological polar surface area (TPSA) is 116 Å². The van der Waals surface area contributed by atoms with Crippen molar-refractivity contribution < 1.29 is 14.2 Å². The summed E-state index contributed by atoms with van der Waals surface area (Å²) in [6.07, 6.45) is 0. The minimum Gasteiger partial charge on any atom is -0.361 e. The number of anilines is 1. The van der Waals surface area contributed by atoms with Crippen molar-refractivity contribution >= 4 is 17.4 Å². The first-order valence-electron chi connectivity index (χ1n) is 8.29. The largest absolute Gasteiger partial charge is 0.390 e. The second-order valence-corrected chi connectivity index (χ2v) is 6.40. The molecule has 0 aliphatic heterocycles. The third kappa shape index (κ3) is 3.71. The Morgan fingerprint density at radius 3 is 2.67 bits per heavy atom. The van der Waals surface area contributed by atoms with Gasteiger partial charge in [0.2, 0.25) is 0 Å². The van der Waals surface area contributed by atoms with Crippen LogP contribution in [0.3, 0.4) is 0 Å². The first-order chi connectivity index (χ1) is 12.8. The van der Waals surface area contributed by atoms with Crippen LogP contribution in [0.15, 0.2) is 28.8 Å². The van der Waals surface area contributed by atoms with Gasteiger partial charge in [0.1, 0.15) is 5.76 Å². The van der Waals surface area contributed by atoms with E-state index in [2.05, 4.69) is 15.6 Å². The molecule has 0 radical (unpaired) electrons. The van der Waals surface area contributed by atoms with Gasteiger partial charge in [-0.15, -0.1) is 0 Å². The third-order valence-corrected chi connectivity index (χ3v) is 4.30. The SMILES string of the molecule is Cc1ccc(C)c(NC(=O)c2noc(C)c2Cn2nc([N+](=O)[O-])cc2C)c1. The lowest BCUT2D eigenvalue weighted by Gasteiger charge is -2.09. The predicted molar refractivity (Wildman–Crippen MR) is 97.8 cm³/mol. The molecule has 0 unspecified atom stereocenters. The van der Waals surface area contributed by atoms with Crippen LogP contribution in [0.5, 0.6) is 0 Å². The van der Waals surface area contributed by atoms with Gasteiger partial charge in [0.05, 0.1) is 29.0 Å². The number of aryl methyl sites for hydroxylation is 4. The number of nitrogens with one attached hydrogen (secondary N) is 1. The molecule has 140 valence electrons. The molecular formula is C18H19N5O4. The van der Waals surface area contributed by atoms with E-state index in [0.29, 0.717) is 22.7 Å². The smallest absolute Gasteiger partial charge is 0.361 e. The van der Waals surface area contributed by atoms with Crippen molar-refractivity contribution in [2.75, 3.05) is 5.32 Å². The number of hydrogen-bond acceptors (Lipinski definition) is 6. The van der Waals surface area contributed by atoms with Gasteiger partial charge in [0.25, 0.3) is 5.91 Å². The maximum absolute atomic E-state index is 12.7. The molecule has 9 heteroatoms. The minimum atomic E-state index is -0.557. The van der Waals surface area contributed by atoms with Gasteiger partial charge in [0.15, 0.2) is 5.69 Å². The Balaban J connectivity index is 1.89. The molecule has 0 spiro atoms. The molecule has 0 aliphatic carbocycles. The summed E-state index contributed by atoms with van der Waals surface area (Å²) < 4.78 is 6.64. The molecule has 0 aliphatic rings. The summed E-state index contributed by atoms with van der Waals surface area (Å²) in [5.74, 6) is -0.198. The Kier molecular flexibility index (Phi) is 4.76. The summed E-state index contributed by atoms with van der Waals surface area (Å²) in [6, 6.07) is 7.13. The van der Waals surface area contributed by atoms with Crippen LogP contribution >= 0.6 is 0 Å². The van der Waals surface area contributed by atoms with Gasteiger partial charge in [-0.2, -0.15) is 4.68 Å². The molecule has 0 saturated carbocycles. The van der Waals surface area contributed by atoms with Crippen molar-refractivity contribution in [1.29, 1.82) is 0 Å². The summed E-state index contributed by atoms with van der Waals surface area (Å²) >= 11 is 0. The molecule has 3 rings (SSSR count). The van der Waals surface area contributed by atoms with Crippen LogP contribution in [0.4, 0.5) is 11.5 Å². The van der Waals surface area contributed by atoms with E-state index < -0.39 is 10.8 Å². The molecule has 27 heavy (non-hydrogen) atoms. The number of aromatic nitrogens is 3. The summed E-state index contributed by atoms with van der Waals surface area (Å²) in [5.41, 5.74) is 3.90. The maximum atomic E-state index is 12.7. The molecule has 9 nitrogen and oxygen atoms in total. The highest BCUT2D eigenvalue weighted by molar-refractivity contribution is 6.04. The lowest BCUT2D eigenvalue weighted by molar-refractivity contribution is -0.389. The summed E-state index contributed by atoms with van der Waals surface area (Å²) in [4.78, 5) is 23.1. The predicted octanol–water partition coefficient (Wildman–Crippen LogP) is 3.31. The number of amides is 1. The second kappa shape index (κ2) is 7.02. The average molecular weight is 369 g/mol. The summed E-state index contributed by atoms with van der Waals surface area (Å²) in [6.45, 7) is 7.37. The Morgan fingerprint density at radius 2 is 2.00 bits per heavy atom. The van der Waals surface area contributed by atoms with Crippen molar-refractivity contribution in [2.45, 2.75) is 34.2 Å². The fourth-order valence-electron chi connectivity index (χ4n) is 2.70. The molecule has 1 aromatic carbocycles. The molecule has 0 fully saturated rings. The zero-order valence-electron chi connectivity index (χ0n) is 15.4. The normalized spacial score (nSPS) is 10.8. The lowest BCUT2D eigenvalue weighted by atomic mass is 10.1. The number of benzene rings is 1. The van der Waals surface area contributed by atoms with E-state index >= 15 is 0 Å². The van der Waals surface area contributed by atoms with Crippen molar-refractivity contribution in [1.82, 2.24) is 14.9 Å². The van der Waals surface area contributed by atoms with Crippen LogP contribution < -0.4 is 5.32 Å². The number of nitrogens with zero attached hydrogens (tertiary/aromatic N) is 4. The van der Waals surface area contributed by atoms with Gasteiger partial charge >= 0.3 is 5.82 Å². The minimum absolute atomic E-state index is 0.131. The lowest BCUT2D eigenvalue weighted by Crippen LogP contribution is -2.17. The van der Waals surface area contributed by atoms with E-state index in [0.717, 1.165) is 11.1 Å². The van der Waals surface area contributed by atoms with E-state index in [1.165, 1.54) is 10.7 Å². The van der Waals surface area contributed by atoms with Gasteiger partial charge < -0.3 is 20.0 Å². The Hall–Kier alpha value is -3.49. The molecule has 0 saturated heterocycles. The van der Waals surface area contributed by atoms with Gasteiger partial charge in [-0.05, 0) is 49.8 Å². The van der Waals surface area contributed by atoms with E-state index in [-0.39, 0.29) is 18.1 Å². The van der Waals surface area contributed by atoms with Crippen molar-refractivity contribution in [3.05, 3.63) is 68.2 Å². The Labute approximate surface area is 155 Å². The highest BCUT2D eigenvalue weighted by atomic mass is 16.6. The molecule has 1 N–H and O–H groups in total. The zero-order valence-corrected chi connectivity index (χ0v) is 15.4. The molecule has 0 bridgehead atoms. The third-order valence-electron chi connectivity index (χ3n) is 4.30. The molecule has 2 aromatic heterocycles. The first kappa shape index (κ1) is 18.3. The standard InChI is InChI=1S/C18H19N5O4/c1-10-5-6-11(2)15(7-10)19-18(24)17-14(13(4)27-21-17)9-22-12(3)8-16(20-22)23(25)26/h5-8H,9H2,1-4H3,(H,19,24). The van der Waals surface area contributed by atoms with E-state index in [4.69, 9.17) is 4.52 Å². The van der Waals surface area contributed by atoms with E-state index in [1.807, 2.05) is 32.0 Å². The van der Waals surface area contributed by atoms with E-state index in [9.17, 15) is 14.9 Å².